The summed E-state index contributed by atoms with van der Waals surface area (Å²) in [6, 6.07) is 0. The summed E-state index contributed by atoms with van der Waals surface area (Å²) in [5.74, 6) is 0. The van der Waals surface area contributed by atoms with Gasteiger partial charge in [0.2, 0.25) is 0 Å². The number of hydrogen-bond donors (Lipinski definition) is 0. The van der Waals surface area contributed by atoms with E-state index < -0.39 is 34.6 Å². The first-order valence-corrected chi connectivity index (χ1v) is 5.25. The van der Waals surface area contributed by atoms with Gasteiger partial charge in [0.25, 0.3) is 0 Å². The van der Waals surface area contributed by atoms with Crippen LogP contribution in [0.3, 0.4) is 0 Å². The SMILES string of the molecule is O=S(=O)([O-])C(F)CCCCC(F)(F)F.[Na+]. The molecular formula is C6H9F4NaO3S. The number of alkyl halides is 4. The molecule has 0 aliphatic carbocycles. The molecule has 0 amide bonds. The largest absolute Gasteiger partial charge is 1.00 e. The van der Waals surface area contributed by atoms with Crippen LogP contribution in [0.15, 0.2) is 0 Å². The Labute approximate surface area is 107 Å². The first kappa shape index (κ1) is 18.0. The molecule has 0 aromatic heterocycles. The van der Waals surface area contributed by atoms with E-state index in [9.17, 15) is 30.5 Å². The summed E-state index contributed by atoms with van der Waals surface area (Å²) in [4.78, 5) is 0. The minimum atomic E-state index is -5.02. The molecule has 0 rings (SSSR count). The van der Waals surface area contributed by atoms with Gasteiger partial charge in [0, 0.05) is 6.42 Å². The van der Waals surface area contributed by atoms with Gasteiger partial charge in [0.15, 0.2) is 5.50 Å². The Kier molecular flexibility index (Phi) is 8.47. The second-order valence-electron chi connectivity index (χ2n) is 2.76. The molecule has 3 nitrogen and oxygen atoms in total. The van der Waals surface area contributed by atoms with Crippen molar-refractivity contribution < 1.29 is 60.1 Å². The van der Waals surface area contributed by atoms with Crippen molar-refractivity contribution in [2.75, 3.05) is 0 Å². The van der Waals surface area contributed by atoms with Gasteiger partial charge < -0.3 is 4.55 Å². The normalized spacial score (nSPS) is 14.5. The molecule has 0 saturated carbocycles. The summed E-state index contributed by atoms with van der Waals surface area (Å²) in [7, 11) is -5.02. The molecule has 0 spiro atoms. The molecule has 0 fully saturated rings. The standard InChI is InChI=1S/C6H10F4O3S.Na/c7-5(14(11,12)13)3-1-2-4-6(8,9)10;/h5H,1-4H2,(H,11,12,13);/q;+1/p-1. The second kappa shape index (κ2) is 7.05. The fourth-order valence-electron chi connectivity index (χ4n) is 0.775. The van der Waals surface area contributed by atoms with Gasteiger partial charge in [-0.3, -0.25) is 0 Å². The van der Waals surface area contributed by atoms with Gasteiger partial charge in [-0.15, -0.1) is 0 Å². The summed E-state index contributed by atoms with van der Waals surface area (Å²) >= 11 is 0. The average Bonchev–Trinajstić information content (AvgIpc) is 1.93. The van der Waals surface area contributed by atoms with Crippen molar-refractivity contribution in [3.63, 3.8) is 0 Å². The first-order chi connectivity index (χ1) is 6.13. The van der Waals surface area contributed by atoms with Crippen molar-refractivity contribution in [2.24, 2.45) is 0 Å². The van der Waals surface area contributed by atoms with E-state index in [1.54, 1.807) is 0 Å². The number of rotatable bonds is 5. The van der Waals surface area contributed by atoms with Crippen molar-refractivity contribution in [1.29, 1.82) is 0 Å². The summed E-state index contributed by atoms with van der Waals surface area (Å²) in [5.41, 5.74) is -2.60. The van der Waals surface area contributed by atoms with Crippen molar-refractivity contribution in [1.82, 2.24) is 0 Å². The quantitative estimate of drug-likeness (QED) is 0.274. The van der Waals surface area contributed by atoms with E-state index in [0.29, 0.717) is 0 Å². The van der Waals surface area contributed by atoms with Crippen LogP contribution in [0, 0.1) is 0 Å². The smallest absolute Gasteiger partial charge is 0.746 e. The molecule has 0 heterocycles. The molecular weight excluding hydrogens is 251 g/mol. The van der Waals surface area contributed by atoms with Crippen molar-refractivity contribution in [3.05, 3.63) is 0 Å². The fraction of sp³-hybridized carbons (Fsp3) is 1.00. The van der Waals surface area contributed by atoms with Crippen molar-refractivity contribution >= 4 is 10.1 Å². The topological polar surface area (TPSA) is 57.2 Å². The van der Waals surface area contributed by atoms with Crippen LogP contribution >= 0.6 is 0 Å². The number of halogens is 4. The van der Waals surface area contributed by atoms with Crippen molar-refractivity contribution in [2.45, 2.75) is 37.4 Å². The van der Waals surface area contributed by atoms with Crippen LogP contribution < -0.4 is 29.6 Å². The molecule has 0 radical (unpaired) electrons. The maximum absolute atomic E-state index is 12.3. The Balaban J connectivity index is 0. The van der Waals surface area contributed by atoms with Crippen LogP contribution in [0.5, 0.6) is 0 Å². The van der Waals surface area contributed by atoms with E-state index in [0.717, 1.165) is 0 Å². The van der Waals surface area contributed by atoms with Gasteiger partial charge in [-0.25, -0.2) is 12.8 Å². The molecule has 0 aromatic rings. The van der Waals surface area contributed by atoms with Gasteiger partial charge in [-0.1, -0.05) is 0 Å². The van der Waals surface area contributed by atoms with Gasteiger partial charge in [-0.2, -0.15) is 13.2 Å². The fourth-order valence-corrected chi connectivity index (χ4v) is 1.23. The zero-order chi connectivity index (χ0) is 11.4. The Morgan fingerprint density at radius 1 is 1.20 bits per heavy atom. The maximum Gasteiger partial charge on any atom is 1.00 e. The monoisotopic (exact) mass is 260 g/mol. The molecule has 15 heavy (non-hydrogen) atoms. The minimum Gasteiger partial charge on any atom is -0.746 e. The van der Waals surface area contributed by atoms with Gasteiger partial charge in [0.05, 0.1) is 0 Å². The summed E-state index contributed by atoms with van der Waals surface area (Å²) < 4.78 is 76.9. The maximum atomic E-state index is 12.3. The van der Waals surface area contributed by atoms with Crippen LogP contribution in [0.4, 0.5) is 17.6 Å². The average molecular weight is 260 g/mol. The van der Waals surface area contributed by atoms with E-state index >= 15 is 0 Å². The van der Waals surface area contributed by atoms with E-state index in [2.05, 4.69) is 0 Å². The molecule has 0 aromatic carbocycles. The molecule has 1 unspecified atom stereocenters. The van der Waals surface area contributed by atoms with Crippen LogP contribution in [0.2, 0.25) is 0 Å². The van der Waals surface area contributed by atoms with Crippen LogP contribution in [0.1, 0.15) is 25.7 Å². The molecule has 9 heteroatoms. The molecule has 0 saturated heterocycles. The summed E-state index contributed by atoms with van der Waals surface area (Å²) in [6.07, 6.45) is -6.76. The van der Waals surface area contributed by atoms with Gasteiger partial charge in [0.1, 0.15) is 10.1 Å². The van der Waals surface area contributed by atoms with Crippen LogP contribution in [0.25, 0.3) is 0 Å². The Hall–Kier alpha value is 0.630. The minimum absolute atomic E-state index is 0. The first-order valence-electron chi connectivity index (χ1n) is 3.78. The number of unbranched alkanes of at least 4 members (excludes halogenated alkanes) is 1. The van der Waals surface area contributed by atoms with E-state index in [1.165, 1.54) is 0 Å². The van der Waals surface area contributed by atoms with Gasteiger partial charge in [-0.05, 0) is 19.3 Å². The summed E-state index contributed by atoms with van der Waals surface area (Å²) in [5, 5.41) is 0. The Bertz CT molecular complexity index is 264. The van der Waals surface area contributed by atoms with E-state index in [-0.39, 0.29) is 42.4 Å². The predicted molar refractivity (Wildman–Crippen MR) is 39.1 cm³/mol. The number of hydrogen-bond acceptors (Lipinski definition) is 3. The van der Waals surface area contributed by atoms with E-state index in [1.807, 2.05) is 0 Å². The molecule has 0 aliphatic rings. The summed E-state index contributed by atoms with van der Waals surface area (Å²) in [6.45, 7) is 0. The Morgan fingerprint density at radius 2 is 1.67 bits per heavy atom. The molecule has 86 valence electrons. The third kappa shape index (κ3) is 10.9. The Morgan fingerprint density at radius 3 is 2.00 bits per heavy atom. The molecule has 0 bridgehead atoms. The van der Waals surface area contributed by atoms with Crippen LogP contribution in [-0.4, -0.2) is 24.7 Å². The predicted octanol–water partition coefficient (Wildman–Crippen LogP) is -1.05. The van der Waals surface area contributed by atoms with Gasteiger partial charge >= 0.3 is 35.7 Å². The second-order valence-corrected chi connectivity index (χ2v) is 4.26. The molecule has 0 N–H and O–H groups in total. The third-order valence-corrected chi connectivity index (χ3v) is 2.32. The molecule has 1 atom stereocenters. The zero-order valence-electron chi connectivity index (χ0n) is 8.05. The van der Waals surface area contributed by atoms with Crippen molar-refractivity contribution in [3.8, 4) is 0 Å². The van der Waals surface area contributed by atoms with E-state index in [4.69, 9.17) is 0 Å². The third-order valence-electron chi connectivity index (χ3n) is 1.45. The molecule has 0 aliphatic heterocycles. The zero-order valence-corrected chi connectivity index (χ0v) is 10.9. The van der Waals surface area contributed by atoms with Crippen LogP contribution in [-0.2, 0) is 10.1 Å².